The van der Waals surface area contributed by atoms with Gasteiger partial charge < -0.3 is 20.3 Å². The number of benzene rings is 2. The van der Waals surface area contributed by atoms with E-state index in [0.717, 1.165) is 41.2 Å². The summed E-state index contributed by atoms with van der Waals surface area (Å²) in [5.41, 5.74) is 4.07. The fourth-order valence-corrected chi connectivity index (χ4v) is 3.57. The maximum Gasteiger partial charge on any atom is 0.227 e. The summed E-state index contributed by atoms with van der Waals surface area (Å²) in [5, 5.41) is 7.08. The molecule has 0 radical (unpaired) electrons. The highest BCUT2D eigenvalue weighted by Crippen LogP contribution is 2.27. The van der Waals surface area contributed by atoms with Crippen molar-refractivity contribution in [2.75, 3.05) is 23.9 Å². The lowest BCUT2D eigenvalue weighted by Crippen LogP contribution is -2.31. The lowest BCUT2D eigenvalue weighted by Gasteiger charge is -2.20. The molecule has 1 fully saturated rings. The monoisotopic (exact) mass is 383 g/mol. The van der Waals surface area contributed by atoms with Crippen LogP contribution in [0.5, 0.6) is 5.75 Å². The lowest BCUT2D eigenvalue weighted by molar-refractivity contribution is -0.117. The van der Waals surface area contributed by atoms with Gasteiger partial charge in [-0.25, -0.2) is 0 Å². The molecular weight excluding hydrogens is 358 g/mol. The number of anilines is 2. The topological polar surface area (TPSA) is 53.6 Å². The van der Waals surface area contributed by atoms with Crippen LogP contribution in [0.25, 0.3) is 0 Å². The molecule has 1 aliphatic rings. The molecule has 5 nitrogen and oxygen atoms in total. The van der Waals surface area contributed by atoms with Crippen molar-refractivity contribution in [1.29, 1.82) is 0 Å². The molecule has 3 rings (SSSR count). The largest absolute Gasteiger partial charge is 0.497 e. The Hall–Kier alpha value is -2.60. The van der Waals surface area contributed by atoms with Gasteiger partial charge in [-0.1, -0.05) is 12.1 Å². The van der Waals surface area contributed by atoms with Crippen LogP contribution in [0.2, 0.25) is 0 Å². The van der Waals surface area contributed by atoms with Crippen molar-refractivity contribution in [1.82, 2.24) is 5.32 Å². The normalized spacial score (nSPS) is 14.8. The number of hydrogen-bond donors (Lipinski definition) is 2. The van der Waals surface area contributed by atoms with Gasteiger partial charge in [0.15, 0.2) is 5.11 Å². The highest BCUT2D eigenvalue weighted by atomic mass is 32.1. The summed E-state index contributed by atoms with van der Waals surface area (Å²) in [5.74, 6) is 1.03. The summed E-state index contributed by atoms with van der Waals surface area (Å²) in [6.07, 6.45) is 1.56. The molecule has 27 heavy (non-hydrogen) atoms. The van der Waals surface area contributed by atoms with E-state index in [1.54, 1.807) is 7.11 Å². The minimum Gasteiger partial charge on any atom is -0.497 e. The molecule has 2 aromatic rings. The van der Waals surface area contributed by atoms with Crippen LogP contribution in [-0.2, 0) is 4.79 Å². The molecule has 2 N–H and O–H groups in total. The number of carbonyl (C=O) groups is 1. The molecular formula is C21H25N3O2S. The molecule has 6 heteroatoms. The molecule has 1 unspecified atom stereocenters. The number of nitrogens with one attached hydrogen (secondary N) is 2. The molecule has 142 valence electrons. The van der Waals surface area contributed by atoms with E-state index in [1.807, 2.05) is 54.3 Å². The van der Waals surface area contributed by atoms with Crippen molar-refractivity contribution in [2.24, 2.45) is 0 Å². The van der Waals surface area contributed by atoms with E-state index >= 15 is 0 Å². The molecule has 0 saturated carbocycles. The van der Waals surface area contributed by atoms with Crippen LogP contribution in [0.4, 0.5) is 11.4 Å². The van der Waals surface area contributed by atoms with Crippen LogP contribution in [0, 0.1) is 6.92 Å². The van der Waals surface area contributed by atoms with Gasteiger partial charge >= 0.3 is 0 Å². The van der Waals surface area contributed by atoms with E-state index in [4.69, 9.17) is 17.0 Å². The highest BCUT2D eigenvalue weighted by Gasteiger charge is 2.23. The minimum absolute atomic E-state index is 0.0681. The Balaban J connectivity index is 1.61. The number of carbonyl (C=O) groups excluding carboxylic acids is 1. The van der Waals surface area contributed by atoms with E-state index in [-0.39, 0.29) is 11.9 Å². The first-order chi connectivity index (χ1) is 13.0. The number of ether oxygens (including phenoxy) is 1. The van der Waals surface area contributed by atoms with Crippen LogP contribution in [-0.4, -0.2) is 24.7 Å². The van der Waals surface area contributed by atoms with Crippen molar-refractivity contribution < 1.29 is 9.53 Å². The Morgan fingerprint density at radius 1 is 1.22 bits per heavy atom. The Labute approximate surface area is 165 Å². The number of aryl methyl sites for hydroxylation is 1. The summed E-state index contributed by atoms with van der Waals surface area (Å²) < 4.78 is 5.19. The Bertz CT molecular complexity index is 836. The first kappa shape index (κ1) is 19.2. The number of hydrogen-bond acceptors (Lipinski definition) is 3. The van der Waals surface area contributed by atoms with Crippen LogP contribution >= 0.6 is 12.2 Å². The van der Waals surface area contributed by atoms with Crippen molar-refractivity contribution in [3.05, 3.63) is 53.6 Å². The average Bonchev–Trinajstić information content (AvgIpc) is 3.07. The van der Waals surface area contributed by atoms with Crippen LogP contribution < -0.4 is 20.3 Å². The van der Waals surface area contributed by atoms with Gasteiger partial charge in [0.1, 0.15) is 5.75 Å². The second kappa shape index (κ2) is 8.39. The smallest absolute Gasteiger partial charge is 0.227 e. The number of methoxy groups -OCH3 is 1. The zero-order valence-electron chi connectivity index (χ0n) is 15.9. The Kier molecular flexibility index (Phi) is 5.96. The standard InChI is InChI=1S/C21H25N3O2S/c1-14-13-17(8-11-19(14)24-12-4-5-20(24)25)23-21(27)22-15(2)16-6-9-18(26-3)10-7-16/h6-11,13,15H,4-5,12H2,1-3H3,(H2,22,23,27). The number of amides is 1. The van der Waals surface area contributed by atoms with Gasteiger partial charge in [-0.2, -0.15) is 0 Å². The van der Waals surface area contributed by atoms with E-state index in [2.05, 4.69) is 17.6 Å². The third kappa shape index (κ3) is 4.57. The van der Waals surface area contributed by atoms with Crippen molar-refractivity contribution in [3.8, 4) is 5.75 Å². The second-order valence-electron chi connectivity index (χ2n) is 6.74. The summed E-state index contributed by atoms with van der Waals surface area (Å²) in [6.45, 7) is 4.87. The Morgan fingerprint density at radius 3 is 2.56 bits per heavy atom. The van der Waals surface area contributed by atoms with Crippen LogP contribution in [0.15, 0.2) is 42.5 Å². The summed E-state index contributed by atoms with van der Waals surface area (Å²) in [4.78, 5) is 13.8. The molecule has 1 atom stereocenters. The predicted octanol–water partition coefficient (Wildman–Crippen LogP) is 4.18. The zero-order valence-corrected chi connectivity index (χ0v) is 16.7. The summed E-state index contributed by atoms with van der Waals surface area (Å²) in [6, 6.07) is 13.9. The van der Waals surface area contributed by atoms with Gasteiger partial charge in [0.05, 0.1) is 13.2 Å². The van der Waals surface area contributed by atoms with Crippen molar-refractivity contribution in [3.63, 3.8) is 0 Å². The molecule has 1 amide bonds. The Morgan fingerprint density at radius 2 is 1.96 bits per heavy atom. The molecule has 2 aromatic carbocycles. The zero-order chi connectivity index (χ0) is 19.4. The van der Waals surface area contributed by atoms with E-state index in [9.17, 15) is 4.79 Å². The van der Waals surface area contributed by atoms with Crippen LogP contribution in [0.3, 0.4) is 0 Å². The number of nitrogens with zero attached hydrogens (tertiary/aromatic N) is 1. The molecule has 0 aliphatic carbocycles. The average molecular weight is 384 g/mol. The van der Waals surface area contributed by atoms with Crippen molar-refractivity contribution in [2.45, 2.75) is 32.7 Å². The first-order valence-corrected chi connectivity index (χ1v) is 9.51. The molecule has 0 aromatic heterocycles. The van der Waals surface area contributed by atoms with Gasteiger partial charge in [0.25, 0.3) is 0 Å². The van der Waals surface area contributed by atoms with E-state index in [0.29, 0.717) is 11.5 Å². The predicted molar refractivity (Wildman–Crippen MR) is 114 cm³/mol. The first-order valence-electron chi connectivity index (χ1n) is 9.10. The third-order valence-corrected chi connectivity index (χ3v) is 5.00. The van der Waals surface area contributed by atoms with Gasteiger partial charge in [0.2, 0.25) is 5.91 Å². The minimum atomic E-state index is 0.0681. The second-order valence-corrected chi connectivity index (χ2v) is 7.15. The quantitative estimate of drug-likeness (QED) is 0.759. The maximum atomic E-state index is 12.0. The number of rotatable bonds is 5. The van der Waals surface area contributed by atoms with E-state index in [1.165, 1.54) is 0 Å². The van der Waals surface area contributed by atoms with Gasteiger partial charge in [0, 0.05) is 24.3 Å². The third-order valence-electron chi connectivity index (χ3n) is 4.78. The van der Waals surface area contributed by atoms with Gasteiger partial charge in [-0.15, -0.1) is 0 Å². The van der Waals surface area contributed by atoms with Gasteiger partial charge in [-0.3, -0.25) is 4.79 Å². The summed E-state index contributed by atoms with van der Waals surface area (Å²) >= 11 is 5.45. The van der Waals surface area contributed by atoms with Crippen molar-refractivity contribution >= 4 is 34.6 Å². The highest BCUT2D eigenvalue weighted by molar-refractivity contribution is 7.80. The van der Waals surface area contributed by atoms with Crippen LogP contribution in [0.1, 0.15) is 36.9 Å². The SMILES string of the molecule is COc1ccc(C(C)NC(=S)Nc2ccc(N3CCCC3=O)c(C)c2)cc1. The maximum absolute atomic E-state index is 12.0. The summed E-state index contributed by atoms with van der Waals surface area (Å²) in [7, 11) is 1.66. The van der Waals surface area contributed by atoms with E-state index < -0.39 is 0 Å². The molecule has 0 spiro atoms. The fourth-order valence-electron chi connectivity index (χ4n) is 3.28. The molecule has 0 bridgehead atoms. The molecule has 1 saturated heterocycles. The fraction of sp³-hybridized carbons (Fsp3) is 0.333. The molecule has 1 heterocycles. The number of thiocarbonyl (C=S) groups is 1. The lowest BCUT2D eigenvalue weighted by atomic mass is 10.1. The van der Waals surface area contributed by atoms with Gasteiger partial charge in [-0.05, 0) is 73.9 Å². The molecule has 1 aliphatic heterocycles.